The van der Waals surface area contributed by atoms with Crippen LogP contribution in [0.4, 0.5) is 14.9 Å². The third-order valence-electron chi connectivity index (χ3n) is 2.44. The highest BCUT2D eigenvalue weighted by atomic mass is 35.5. The van der Waals surface area contributed by atoms with Crippen LogP contribution in [0.25, 0.3) is 0 Å². The number of anilines is 1. The smallest absolute Gasteiger partial charge is 0.319 e. The van der Waals surface area contributed by atoms with Crippen LogP contribution in [0.2, 0.25) is 5.02 Å². The SMILES string of the molecule is O=C(Nc1ccc(Cl)c(F)c1)NC1CCOC1. The Kier molecular flexibility index (Phi) is 3.81. The number of hydrogen-bond donors (Lipinski definition) is 2. The van der Waals surface area contributed by atoms with E-state index in [0.717, 1.165) is 6.42 Å². The molecule has 1 saturated heterocycles. The summed E-state index contributed by atoms with van der Waals surface area (Å²) in [6, 6.07) is 3.75. The molecule has 1 heterocycles. The van der Waals surface area contributed by atoms with Crippen LogP contribution in [0.3, 0.4) is 0 Å². The van der Waals surface area contributed by atoms with Crippen LogP contribution in [-0.4, -0.2) is 25.3 Å². The maximum atomic E-state index is 13.1. The molecule has 2 rings (SSSR count). The van der Waals surface area contributed by atoms with E-state index in [9.17, 15) is 9.18 Å². The zero-order valence-electron chi connectivity index (χ0n) is 9.00. The quantitative estimate of drug-likeness (QED) is 0.856. The summed E-state index contributed by atoms with van der Waals surface area (Å²) in [5, 5.41) is 5.29. The van der Waals surface area contributed by atoms with E-state index in [1.54, 1.807) is 0 Å². The van der Waals surface area contributed by atoms with E-state index in [4.69, 9.17) is 16.3 Å². The van der Waals surface area contributed by atoms with Crippen LogP contribution < -0.4 is 10.6 Å². The first-order chi connectivity index (χ1) is 8.15. The Morgan fingerprint density at radius 3 is 3.00 bits per heavy atom. The van der Waals surface area contributed by atoms with E-state index in [1.807, 2.05) is 0 Å². The number of urea groups is 1. The molecule has 1 atom stereocenters. The summed E-state index contributed by atoms with van der Waals surface area (Å²) in [4.78, 5) is 11.5. The topological polar surface area (TPSA) is 50.4 Å². The first-order valence-electron chi connectivity index (χ1n) is 5.25. The van der Waals surface area contributed by atoms with Crippen molar-refractivity contribution < 1.29 is 13.9 Å². The fourth-order valence-electron chi connectivity index (χ4n) is 1.57. The van der Waals surface area contributed by atoms with Crippen LogP contribution in [0.15, 0.2) is 18.2 Å². The summed E-state index contributed by atoms with van der Waals surface area (Å²) in [5.74, 6) is -0.561. The zero-order valence-corrected chi connectivity index (χ0v) is 9.76. The van der Waals surface area contributed by atoms with Gasteiger partial charge in [-0.1, -0.05) is 11.6 Å². The normalized spacial score (nSPS) is 19.1. The second-order valence-electron chi connectivity index (χ2n) is 3.79. The fraction of sp³-hybridized carbons (Fsp3) is 0.364. The molecule has 0 saturated carbocycles. The molecule has 0 spiro atoms. The van der Waals surface area contributed by atoms with E-state index >= 15 is 0 Å². The first kappa shape index (κ1) is 12.1. The lowest BCUT2D eigenvalue weighted by Crippen LogP contribution is -2.38. The lowest BCUT2D eigenvalue weighted by molar-refractivity contribution is 0.189. The molecule has 1 aromatic rings. The Balaban J connectivity index is 1.90. The first-order valence-corrected chi connectivity index (χ1v) is 5.63. The van der Waals surface area contributed by atoms with E-state index in [1.165, 1.54) is 18.2 Å². The predicted octanol–water partition coefficient (Wildman–Crippen LogP) is 2.39. The van der Waals surface area contributed by atoms with Gasteiger partial charge >= 0.3 is 6.03 Å². The highest BCUT2D eigenvalue weighted by Crippen LogP contribution is 2.18. The van der Waals surface area contributed by atoms with Crippen molar-refractivity contribution in [2.45, 2.75) is 12.5 Å². The van der Waals surface area contributed by atoms with Crippen molar-refractivity contribution in [1.82, 2.24) is 5.32 Å². The molecule has 2 amide bonds. The predicted molar refractivity (Wildman–Crippen MR) is 62.8 cm³/mol. The van der Waals surface area contributed by atoms with Crippen LogP contribution in [0.5, 0.6) is 0 Å². The number of halogens is 2. The Bertz CT molecular complexity index is 422. The number of rotatable bonds is 2. The summed E-state index contributed by atoms with van der Waals surface area (Å²) < 4.78 is 18.2. The Morgan fingerprint density at radius 1 is 1.53 bits per heavy atom. The van der Waals surface area contributed by atoms with Gasteiger partial charge < -0.3 is 15.4 Å². The van der Waals surface area contributed by atoms with Gasteiger partial charge in [0.25, 0.3) is 0 Å². The number of hydrogen-bond acceptors (Lipinski definition) is 2. The molecule has 1 aliphatic rings. The molecule has 4 nitrogen and oxygen atoms in total. The van der Waals surface area contributed by atoms with Gasteiger partial charge in [0, 0.05) is 12.3 Å². The van der Waals surface area contributed by atoms with Crippen LogP contribution in [-0.2, 0) is 4.74 Å². The minimum atomic E-state index is -0.561. The highest BCUT2D eigenvalue weighted by molar-refractivity contribution is 6.30. The van der Waals surface area contributed by atoms with Crippen molar-refractivity contribution in [1.29, 1.82) is 0 Å². The molecule has 1 aromatic carbocycles. The van der Waals surface area contributed by atoms with Crippen LogP contribution in [0.1, 0.15) is 6.42 Å². The van der Waals surface area contributed by atoms with Gasteiger partial charge in [0.05, 0.1) is 17.7 Å². The van der Waals surface area contributed by atoms with Crippen molar-refractivity contribution in [2.75, 3.05) is 18.5 Å². The van der Waals surface area contributed by atoms with E-state index < -0.39 is 5.82 Å². The van der Waals surface area contributed by atoms with E-state index in [2.05, 4.69) is 10.6 Å². The largest absolute Gasteiger partial charge is 0.379 e. The second-order valence-corrected chi connectivity index (χ2v) is 4.20. The van der Waals surface area contributed by atoms with E-state index in [-0.39, 0.29) is 17.1 Å². The van der Waals surface area contributed by atoms with Gasteiger partial charge in [0.15, 0.2) is 0 Å². The molecule has 0 bridgehead atoms. The Morgan fingerprint density at radius 2 is 2.35 bits per heavy atom. The average Bonchev–Trinajstić information content (AvgIpc) is 2.76. The minimum Gasteiger partial charge on any atom is -0.379 e. The Hall–Kier alpha value is -1.33. The molecule has 17 heavy (non-hydrogen) atoms. The minimum absolute atomic E-state index is 0.0205. The van der Waals surface area contributed by atoms with Gasteiger partial charge in [0.1, 0.15) is 5.82 Å². The molecule has 1 unspecified atom stereocenters. The Labute approximate surface area is 103 Å². The number of carbonyl (C=O) groups is 1. The van der Waals surface area contributed by atoms with Crippen LogP contribution in [0, 0.1) is 5.82 Å². The standard InChI is InChI=1S/C11H12ClFN2O2/c12-9-2-1-7(5-10(9)13)14-11(16)15-8-3-4-17-6-8/h1-2,5,8H,3-4,6H2,(H2,14,15,16). The molecule has 92 valence electrons. The summed E-state index contributed by atoms with van der Waals surface area (Å²) >= 11 is 5.53. The van der Waals surface area contributed by atoms with Gasteiger partial charge in [-0.3, -0.25) is 0 Å². The van der Waals surface area contributed by atoms with Gasteiger partial charge in [-0.25, -0.2) is 9.18 Å². The monoisotopic (exact) mass is 258 g/mol. The lowest BCUT2D eigenvalue weighted by Gasteiger charge is -2.12. The third-order valence-corrected chi connectivity index (χ3v) is 2.75. The van der Waals surface area contributed by atoms with Gasteiger partial charge in [-0.2, -0.15) is 0 Å². The lowest BCUT2D eigenvalue weighted by atomic mass is 10.3. The molecule has 2 N–H and O–H groups in total. The van der Waals surface area contributed by atoms with Crippen molar-refractivity contribution in [3.63, 3.8) is 0 Å². The number of carbonyl (C=O) groups excluding carboxylic acids is 1. The summed E-state index contributed by atoms with van der Waals surface area (Å²) in [7, 11) is 0. The summed E-state index contributed by atoms with van der Waals surface area (Å²) in [5.41, 5.74) is 0.364. The zero-order chi connectivity index (χ0) is 12.3. The molecular formula is C11H12ClFN2O2. The second kappa shape index (κ2) is 5.33. The van der Waals surface area contributed by atoms with Gasteiger partial charge in [-0.15, -0.1) is 0 Å². The number of benzene rings is 1. The number of nitrogens with one attached hydrogen (secondary N) is 2. The highest BCUT2D eigenvalue weighted by Gasteiger charge is 2.17. The molecule has 0 aliphatic carbocycles. The average molecular weight is 259 g/mol. The molecule has 0 radical (unpaired) electrons. The number of amides is 2. The maximum Gasteiger partial charge on any atom is 0.319 e. The van der Waals surface area contributed by atoms with Crippen molar-refractivity contribution in [3.05, 3.63) is 29.0 Å². The summed E-state index contributed by atoms with van der Waals surface area (Å²) in [6.07, 6.45) is 0.794. The van der Waals surface area contributed by atoms with Gasteiger partial charge in [0.2, 0.25) is 0 Å². The van der Waals surface area contributed by atoms with Crippen molar-refractivity contribution >= 4 is 23.3 Å². The molecule has 6 heteroatoms. The van der Waals surface area contributed by atoms with Gasteiger partial charge in [-0.05, 0) is 24.6 Å². The van der Waals surface area contributed by atoms with Crippen molar-refractivity contribution in [3.8, 4) is 0 Å². The third kappa shape index (κ3) is 3.31. The molecule has 0 aromatic heterocycles. The summed E-state index contributed by atoms with van der Waals surface area (Å²) in [6.45, 7) is 1.17. The fourth-order valence-corrected chi connectivity index (χ4v) is 1.69. The molecular weight excluding hydrogens is 247 g/mol. The van der Waals surface area contributed by atoms with Crippen LogP contribution >= 0.6 is 11.6 Å². The number of ether oxygens (including phenoxy) is 1. The molecule has 1 fully saturated rings. The van der Waals surface area contributed by atoms with Crippen molar-refractivity contribution in [2.24, 2.45) is 0 Å². The maximum absolute atomic E-state index is 13.1. The van der Waals surface area contributed by atoms with E-state index in [0.29, 0.717) is 18.9 Å². The molecule has 1 aliphatic heterocycles.